The Labute approximate surface area is 113 Å². The molecule has 0 aliphatic carbocycles. The normalized spacial score (nSPS) is 10.5. The predicted octanol–water partition coefficient (Wildman–Crippen LogP) is 1.64. The fraction of sp³-hybridized carbons (Fsp3) is 0.615. The maximum Gasteiger partial charge on any atom is 0.488 e. The first-order valence-corrected chi connectivity index (χ1v) is 6.80. The van der Waals surface area contributed by atoms with E-state index >= 15 is 0 Å². The summed E-state index contributed by atoms with van der Waals surface area (Å²) in [6, 6.07) is 2.31. The van der Waals surface area contributed by atoms with Crippen LogP contribution in [0.4, 0.5) is 4.39 Å². The fourth-order valence-electron chi connectivity index (χ4n) is 1.77. The molecule has 19 heavy (non-hydrogen) atoms. The van der Waals surface area contributed by atoms with Crippen LogP contribution in [0.1, 0.15) is 45.4 Å². The Morgan fingerprint density at radius 1 is 1.16 bits per heavy atom. The van der Waals surface area contributed by atoms with Crippen molar-refractivity contribution < 1.29 is 19.2 Å². The van der Waals surface area contributed by atoms with Crippen LogP contribution in [0, 0.1) is 5.95 Å². The summed E-state index contributed by atoms with van der Waals surface area (Å²) in [7, 11) is -1.71. The quantitative estimate of drug-likeness (QED) is 0.406. The van der Waals surface area contributed by atoms with Crippen LogP contribution in [-0.2, 0) is 0 Å². The van der Waals surface area contributed by atoms with Crippen LogP contribution in [0.2, 0.25) is 0 Å². The Hall–Kier alpha value is -1.14. The summed E-state index contributed by atoms with van der Waals surface area (Å²) in [6.45, 7) is 2.63. The molecule has 0 aromatic carbocycles. The number of hydrogen-bond acceptors (Lipinski definition) is 4. The van der Waals surface area contributed by atoms with Gasteiger partial charge >= 0.3 is 7.12 Å². The molecule has 1 heterocycles. The van der Waals surface area contributed by atoms with E-state index in [1.165, 1.54) is 31.7 Å². The van der Waals surface area contributed by atoms with Gasteiger partial charge in [0.05, 0.1) is 6.61 Å². The lowest BCUT2D eigenvalue weighted by Gasteiger charge is -2.07. The molecule has 4 nitrogen and oxygen atoms in total. The first kappa shape index (κ1) is 15.9. The monoisotopic (exact) mass is 269 g/mol. The van der Waals surface area contributed by atoms with Gasteiger partial charge in [0.2, 0.25) is 11.8 Å². The van der Waals surface area contributed by atoms with Crippen molar-refractivity contribution in [2.24, 2.45) is 0 Å². The molecule has 1 aromatic heterocycles. The van der Waals surface area contributed by atoms with E-state index in [1.807, 2.05) is 0 Å². The number of unbranched alkanes of at least 4 members (excludes halogenated alkanes) is 5. The van der Waals surface area contributed by atoms with Crippen molar-refractivity contribution in [3.63, 3.8) is 0 Å². The molecule has 0 radical (unpaired) electrons. The van der Waals surface area contributed by atoms with Crippen molar-refractivity contribution in [3.05, 3.63) is 18.1 Å². The lowest BCUT2D eigenvalue weighted by atomic mass is 9.81. The van der Waals surface area contributed by atoms with Crippen LogP contribution in [0.25, 0.3) is 0 Å². The second-order valence-corrected chi connectivity index (χ2v) is 4.55. The number of aromatic nitrogens is 1. The number of ether oxygens (including phenoxy) is 1. The summed E-state index contributed by atoms with van der Waals surface area (Å²) < 4.78 is 18.4. The number of nitrogens with zero attached hydrogens (tertiary/aromatic N) is 1. The first-order chi connectivity index (χ1) is 9.13. The molecule has 1 aromatic rings. The minimum atomic E-state index is -1.71. The Morgan fingerprint density at radius 2 is 1.84 bits per heavy atom. The Bertz CT molecular complexity index is 377. The molecule has 0 saturated heterocycles. The molecule has 0 unspecified atom stereocenters. The number of rotatable bonds is 9. The van der Waals surface area contributed by atoms with Gasteiger partial charge in [0.15, 0.2) is 0 Å². The zero-order chi connectivity index (χ0) is 14.1. The third kappa shape index (κ3) is 6.54. The molecule has 0 bridgehead atoms. The van der Waals surface area contributed by atoms with Gasteiger partial charge in [0.25, 0.3) is 0 Å². The average Bonchev–Trinajstić information content (AvgIpc) is 2.37. The maximum absolute atomic E-state index is 13.1. The summed E-state index contributed by atoms with van der Waals surface area (Å²) in [4.78, 5) is 3.55. The van der Waals surface area contributed by atoms with Gasteiger partial charge in [-0.1, -0.05) is 39.0 Å². The maximum atomic E-state index is 13.1. The second-order valence-electron chi connectivity index (χ2n) is 4.55. The van der Waals surface area contributed by atoms with Gasteiger partial charge in [-0.05, 0) is 17.9 Å². The van der Waals surface area contributed by atoms with Crippen LogP contribution in [0.5, 0.6) is 5.88 Å². The minimum Gasteiger partial charge on any atom is -0.478 e. The summed E-state index contributed by atoms with van der Waals surface area (Å²) in [5.41, 5.74) is 0.0467. The molecule has 0 saturated carbocycles. The first-order valence-electron chi connectivity index (χ1n) is 6.80. The molecule has 0 amide bonds. The Kier molecular flexibility index (Phi) is 7.44. The zero-order valence-electron chi connectivity index (χ0n) is 11.3. The molecule has 0 aliphatic rings. The highest BCUT2D eigenvalue weighted by Crippen LogP contribution is 2.08. The number of hydrogen-bond donors (Lipinski definition) is 2. The average molecular weight is 269 g/mol. The largest absolute Gasteiger partial charge is 0.488 e. The topological polar surface area (TPSA) is 62.6 Å². The van der Waals surface area contributed by atoms with E-state index in [1.54, 1.807) is 0 Å². The fourth-order valence-corrected chi connectivity index (χ4v) is 1.77. The highest BCUT2D eigenvalue weighted by molar-refractivity contribution is 6.58. The van der Waals surface area contributed by atoms with Crippen LogP contribution in [-0.4, -0.2) is 28.8 Å². The van der Waals surface area contributed by atoms with Crippen LogP contribution in [0.3, 0.4) is 0 Å². The van der Waals surface area contributed by atoms with E-state index in [-0.39, 0.29) is 11.3 Å². The molecule has 0 spiro atoms. The van der Waals surface area contributed by atoms with Crippen molar-refractivity contribution in [3.8, 4) is 5.88 Å². The second kappa shape index (κ2) is 8.88. The molecule has 106 valence electrons. The molecule has 0 fully saturated rings. The number of pyridine rings is 1. The number of halogens is 1. The summed E-state index contributed by atoms with van der Waals surface area (Å²) in [5.74, 6) is -0.680. The molecule has 6 heteroatoms. The van der Waals surface area contributed by atoms with Gasteiger partial charge < -0.3 is 14.8 Å². The van der Waals surface area contributed by atoms with Gasteiger partial charge in [-0.3, -0.25) is 0 Å². The van der Waals surface area contributed by atoms with Crippen molar-refractivity contribution >= 4 is 12.6 Å². The van der Waals surface area contributed by atoms with Gasteiger partial charge in [0, 0.05) is 6.07 Å². The van der Waals surface area contributed by atoms with E-state index < -0.39 is 13.1 Å². The summed E-state index contributed by atoms with van der Waals surface area (Å²) in [6.07, 6.45) is 6.84. The van der Waals surface area contributed by atoms with Gasteiger partial charge in [0.1, 0.15) is 0 Å². The molecule has 0 aliphatic heterocycles. The van der Waals surface area contributed by atoms with Gasteiger partial charge in [-0.2, -0.15) is 9.37 Å². The highest BCUT2D eigenvalue weighted by atomic mass is 19.1. The van der Waals surface area contributed by atoms with Crippen molar-refractivity contribution in [1.82, 2.24) is 4.98 Å². The van der Waals surface area contributed by atoms with Crippen LogP contribution >= 0.6 is 0 Å². The highest BCUT2D eigenvalue weighted by Gasteiger charge is 2.14. The van der Waals surface area contributed by atoms with E-state index in [4.69, 9.17) is 14.8 Å². The molecule has 0 atom stereocenters. The molecule has 2 N–H and O–H groups in total. The third-order valence-electron chi connectivity index (χ3n) is 2.84. The van der Waals surface area contributed by atoms with Gasteiger partial charge in [-0.15, -0.1) is 0 Å². The lowest BCUT2D eigenvalue weighted by Crippen LogP contribution is -2.30. The Balaban J connectivity index is 2.29. The van der Waals surface area contributed by atoms with Crippen LogP contribution in [0.15, 0.2) is 12.1 Å². The zero-order valence-corrected chi connectivity index (χ0v) is 11.3. The van der Waals surface area contributed by atoms with E-state index in [0.29, 0.717) is 6.61 Å². The Morgan fingerprint density at radius 3 is 2.53 bits per heavy atom. The van der Waals surface area contributed by atoms with E-state index in [0.717, 1.165) is 18.9 Å². The third-order valence-corrected chi connectivity index (χ3v) is 2.84. The van der Waals surface area contributed by atoms with Gasteiger partial charge in [-0.25, -0.2) is 0 Å². The predicted molar refractivity (Wildman–Crippen MR) is 72.9 cm³/mol. The van der Waals surface area contributed by atoms with Crippen LogP contribution < -0.4 is 10.2 Å². The van der Waals surface area contributed by atoms with E-state index in [9.17, 15) is 4.39 Å². The van der Waals surface area contributed by atoms with E-state index in [2.05, 4.69) is 11.9 Å². The molecule has 1 rings (SSSR count). The summed E-state index contributed by atoms with van der Waals surface area (Å²) >= 11 is 0. The smallest absolute Gasteiger partial charge is 0.478 e. The molecular formula is C13H21BFNO3. The lowest BCUT2D eigenvalue weighted by molar-refractivity contribution is 0.289. The molecular weight excluding hydrogens is 248 g/mol. The van der Waals surface area contributed by atoms with Crippen molar-refractivity contribution in [2.75, 3.05) is 6.61 Å². The standard InChI is InChI=1S/C13H21BFNO3/c1-2-3-4-5-6-7-8-19-13-10-11(14(17)18)9-12(15)16-13/h9-10,17-18H,2-8H2,1H3. The summed E-state index contributed by atoms with van der Waals surface area (Å²) in [5, 5.41) is 17.9. The van der Waals surface area contributed by atoms with Crippen molar-refractivity contribution in [1.29, 1.82) is 0 Å². The SMILES string of the molecule is CCCCCCCCOc1cc(B(O)O)cc(F)n1. The van der Waals surface area contributed by atoms with Crippen molar-refractivity contribution in [2.45, 2.75) is 45.4 Å². The minimum absolute atomic E-state index is 0.0467.